The summed E-state index contributed by atoms with van der Waals surface area (Å²) in [5.74, 6) is 0.0798. The zero-order valence-electron chi connectivity index (χ0n) is 13.6. The van der Waals surface area contributed by atoms with Crippen LogP contribution >= 0.6 is 0 Å². The summed E-state index contributed by atoms with van der Waals surface area (Å²) in [6, 6.07) is 14.6. The predicted molar refractivity (Wildman–Crippen MR) is 89.5 cm³/mol. The lowest BCUT2D eigenvalue weighted by Gasteiger charge is -2.17. The highest BCUT2D eigenvalue weighted by Gasteiger charge is 2.12. The van der Waals surface area contributed by atoms with Gasteiger partial charge in [0.05, 0.1) is 6.54 Å². The molecule has 0 atom stereocenters. The van der Waals surface area contributed by atoms with Gasteiger partial charge < -0.3 is 9.64 Å². The third-order valence-corrected chi connectivity index (χ3v) is 3.60. The largest absolute Gasteiger partial charge is 0.492 e. The second-order valence-corrected chi connectivity index (χ2v) is 5.41. The van der Waals surface area contributed by atoms with E-state index in [9.17, 15) is 14.0 Å². The van der Waals surface area contributed by atoms with Crippen LogP contribution in [0.3, 0.4) is 0 Å². The van der Waals surface area contributed by atoms with Crippen molar-refractivity contribution >= 4 is 11.7 Å². The monoisotopic (exact) mass is 329 g/mol. The number of rotatable bonds is 8. The number of amides is 1. The van der Waals surface area contributed by atoms with Gasteiger partial charge in [0.25, 0.3) is 0 Å². The molecule has 5 heteroatoms. The number of carbonyl (C=O) groups excluding carboxylic acids is 2. The van der Waals surface area contributed by atoms with E-state index in [-0.39, 0.29) is 30.3 Å². The van der Waals surface area contributed by atoms with Crippen LogP contribution < -0.4 is 4.74 Å². The molecular weight excluding hydrogens is 309 g/mol. The molecule has 0 bridgehead atoms. The van der Waals surface area contributed by atoms with Gasteiger partial charge in [-0.15, -0.1) is 0 Å². The lowest BCUT2D eigenvalue weighted by Crippen LogP contribution is -2.31. The predicted octanol–water partition coefficient (Wildman–Crippen LogP) is 3.33. The summed E-state index contributed by atoms with van der Waals surface area (Å²) in [6.07, 6.45) is 0.354. The zero-order valence-corrected chi connectivity index (χ0v) is 13.6. The molecule has 0 spiro atoms. The van der Waals surface area contributed by atoms with E-state index in [1.54, 1.807) is 31.3 Å². The summed E-state index contributed by atoms with van der Waals surface area (Å²) in [5, 5.41) is 0. The first-order valence-corrected chi connectivity index (χ1v) is 7.77. The van der Waals surface area contributed by atoms with Gasteiger partial charge in [-0.3, -0.25) is 9.59 Å². The van der Waals surface area contributed by atoms with Crippen LogP contribution in [0, 0.1) is 5.82 Å². The van der Waals surface area contributed by atoms with Crippen LogP contribution in [0.1, 0.15) is 23.2 Å². The minimum Gasteiger partial charge on any atom is -0.492 e. The Labute approximate surface area is 140 Å². The number of benzene rings is 2. The van der Waals surface area contributed by atoms with Crippen molar-refractivity contribution < 1.29 is 18.7 Å². The molecule has 24 heavy (non-hydrogen) atoms. The summed E-state index contributed by atoms with van der Waals surface area (Å²) in [7, 11) is 1.67. The maximum absolute atomic E-state index is 12.8. The fourth-order valence-electron chi connectivity index (χ4n) is 2.14. The maximum Gasteiger partial charge on any atom is 0.222 e. The van der Waals surface area contributed by atoms with Gasteiger partial charge in [0.1, 0.15) is 18.2 Å². The van der Waals surface area contributed by atoms with Gasteiger partial charge in [0.15, 0.2) is 5.78 Å². The van der Waals surface area contributed by atoms with Gasteiger partial charge in [0.2, 0.25) is 5.91 Å². The molecule has 0 aliphatic rings. The number of hydrogen-bond donors (Lipinski definition) is 0. The van der Waals surface area contributed by atoms with Crippen LogP contribution in [0.5, 0.6) is 5.75 Å². The van der Waals surface area contributed by atoms with E-state index in [0.29, 0.717) is 24.5 Å². The van der Waals surface area contributed by atoms with Crippen molar-refractivity contribution in [1.82, 2.24) is 4.90 Å². The Kier molecular flexibility index (Phi) is 6.49. The Morgan fingerprint density at radius 1 is 1.00 bits per heavy atom. The summed E-state index contributed by atoms with van der Waals surface area (Å²) in [4.78, 5) is 25.5. The first-order valence-electron chi connectivity index (χ1n) is 7.77. The number of carbonyl (C=O) groups is 2. The van der Waals surface area contributed by atoms with Crippen molar-refractivity contribution in [2.45, 2.75) is 12.8 Å². The standard InChI is InChI=1S/C19H20FNO3/c1-21(13-14-24-17-9-7-16(20)8-10-17)19(23)12-11-18(22)15-5-3-2-4-6-15/h2-10H,11-14H2,1H3. The molecule has 0 heterocycles. The maximum atomic E-state index is 12.8. The van der Waals surface area contributed by atoms with Crippen molar-refractivity contribution in [3.05, 3.63) is 66.0 Å². The van der Waals surface area contributed by atoms with Crippen LogP contribution in [-0.4, -0.2) is 36.8 Å². The molecule has 0 unspecified atom stereocenters. The normalized spacial score (nSPS) is 10.2. The van der Waals surface area contributed by atoms with Crippen molar-refractivity contribution in [2.24, 2.45) is 0 Å². The summed E-state index contributed by atoms with van der Waals surface area (Å²) in [5.41, 5.74) is 0.618. The number of ether oxygens (including phenoxy) is 1. The molecular formula is C19H20FNO3. The number of nitrogens with zero attached hydrogens (tertiary/aromatic N) is 1. The third-order valence-electron chi connectivity index (χ3n) is 3.60. The molecule has 126 valence electrons. The van der Waals surface area contributed by atoms with E-state index in [2.05, 4.69) is 0 Å². The number of Topliss-reactive ketones (excluding diaryl/α,β-unsaturated/α-hetero) is 1. The lowest BCUT2D eigenvalue weighted by molar-refractivity contribution is -0.130. The Bertz CT molecular complexity index is 671. The van der Waals surface area contributed by atoms with Crippen LogP contribution in [0.25, 0.3) is 0 Å². The molecule has 0 aromatic heterocycles. The van der Waals surface area contributed by atoms with E-state index in [1.807, 2.05) is 6.07 Å². The number of halogens is 1. The number of likely N-dealkylation sites (N-methyl/N-ethyl adjacent to an activating group) is 1. The van der Waals surface area contributed by atoms with E-state index < -0.39 is 0 Å². The molecule has 0 aliphatic carbocycles. The molecule has 2 aromatic carbocycles. The minimum absolute atomic E-state index is 0.0417. The Morgan fingerprint density at radius 2 is 1.67 bits per heavy atom. The molecule has 0 saturated heterocycles. The molecule has 0 N–H and O–H groups in total. The number of hydrogen-bond acceptors (Lipinski definition) is 3. The van der Waals surface area contributed by atoms with E-state index in [0.717, 1.165) is 0 Å². The zero-order chi connectivity index (χ0) is 17.4. The Morgan fingerprint density at radius 3 is 2.33 bits per heavy atom. The van der Waals surface area contributed by atoms with Gasteiger partial charge in [-0.25, -0.2) is 4.39 Å². The molecule has 0 fully saturated rings. The molecule has 2 aromatic rings. The molecule has 2 rings (SSSR count). The average Bonchev–Trinajstić information content (AvgIpc) is 2.61. The number of ketones is 1. The smallest absolute Gasteiger partial charge is 0.222 e. The fraction of sp³-hybridized carbons (Fsp3) is 0.263. The van der Waals surface area contributed by atoms with Gasteiger partial charge >= 0.3 is 0 Å². The molecule has 4 nitrogen and oxygen atoms in total. The quantitative estimate of drug-likeness (QED) is 0.698. The van der Waals surface area contributed by atoms with E-state index in [4.69, 9.17) is 4.74 Å². The van der Waals surface area contributed by atoms with Crippen molar-refractivity contribution in [2.75, 3.05) is 20.2 Å². The average molecular weight is 329 g/mol. The highest BCUT2D eigenvalue weighted by molar-refractivity contribution is 5.97. The highest BCUT2D eigenvalue weighted by atomic mass is 19.1. The van der Waals surface area contributed by atoms with Gasteiger partial charge in [-0.1, -0.05) is 30.3 Å². The van der Waals surface area contributed by atoms with Crippen LogP contribution in [-0.2, 0) is 4.79 Å². The molecule has 1 amide bonds. The van der Waals surface area contributed by atoms with Gasteiger partial charge in [-0.05, 0) is 24.3 Å². The summed E-state index contributed by atoms with van der Waals surface area (Å²) in [6.45, 7) is 0.705. The first kappa shape index (κ1) is 17.7. The van der Waals surface area contributed by atoms with E-state index >= 15 is 0 Å². The van der Waals surface area contributed by atoms with Crippen LogP contribution in [0.2, 0.25) is 0 Å². The fourth-order valence-corrected chi connectivity index (χ4v) is 2.14. The van der Waals surface area contributed by atoms with Gasteiger partial charge in [-0.2, -0.15) is 0 Å². The lowest BCUT2D eigenvalue weighted by atomic mass is 10.1. The summed E-state index contributed by atoms with van der Waals surface area (Å²) >= 11 is 0. The minimum atomic E-state index is -0.322. The Balaban J connectivity index is 1.70. The van der Waals surface area contributed by atoms with Crippen molar-refractivity contribution in [3.8, 4) is 5.75 Å². The second-order valence-electron chi connectivity index (χ2n) is 5.41. The molecule has 0 aliphatic heterocycles. The van der Waals surface area contributed by atoms with Crippen LogP contribution in [0.4, 0.5) is 4.39 Å². The second kappa shape index (κ2) is 8.82. The molecule has 0 saturated carbocycles. The van der Waals surface area contributed by atoms with Crippen molar-refractivity contribution in [3.63, 3.8) is 0 Å². The van der Waals surface area contributed by atoms with E-state index in [1.165, 1.54) is 29.2 Å². The Hall–Kier alpha value is -2.69. The first-order chi connectivity index (χ1) is 11.6. The highest BCUT2D eigenvalue weighted by Crippen LogP contribution is 2.11. The van der Waals surface area contributed by atoms with Crippen molar-refractivity contribution in [1.29, 1.82) is 0 Å². The third kappa shape index (κ3) is 5.50. The SMILES string of the molecule is CN(CCOc1ccc(F)cc1)C(=O)CCC(=O)c1ccccc1. The summed E-state index contributed by atoms with van der Waals surface area (Å²) < 4.78 is 18.2. The molecule has 0 radical (unpaired) electrons. The van der Waals surface area contributed by atoms with Crippen LogP contribution in [0.15, 0.2) is 54.6 Å². The van der Waals surface area contributed by atoms with Gasteiger partial charge in [0, 0.05) is 25.5 Å². The topological polar surface area (TPSA) is 46.6 Å².